The molecule has 0 aromatic carbocycles. The molecule has 2 unspecified atom stereocenters. The average Bonchev–Trinajstić information content (AvgIpc) is 2.70. The number of anilines is 1. The number of nitrogens with one attached hydrogen (secondary N) is 1. The van der Waals surface area contributed by atoms with Gasteiger partial charge in [-0.25, -0.2) is 4.98 Å². The van der Waals surface area contributed by atoms with Crippen LogP contribution in [0.15, 0.2) is 6.07 Å². The fourth-order valence-electron chi connectivity index (χ4n) is 3.03. The van der Waals surface area contributed by atoms with Crippen LogP contribution in [0.5, 0.6) is 0 Å². The Hall–Kier alpha value is -1.16. The van der Waals surface area contributed by atoms with E-state index in [9.17, 15) is 0 Å². The Morgan fingerprint density at radius 3 is 2.79 bits per heavy atom. The molecule has 19 heavy (non-hydrogen) atoms. The van der Waals surface area contributed by atoms with Gasteiger partial charge in [0.2, 0.25) is 0 Å². The largest absolute Gasteiger partial charge is 0.389 e. The number of thiocarbonyl (C=S) groups is 1. The third kappa shape index (κ3) is 3.24. The highest BCUT2D eigenvalue weighted by Crippen LogP contribution is 2.31. The minimum absolute atomic E-state index is 0.423. The van der Waals surface area contributed by atoms with Crippen molar-refractivity contribution in [1.29, 1.82) is 0 Å². The summed E-state index contributed by atoms with van der Waals surface area (Å²) in [7, 11) is 0. The van der Waals surface area contributed by atoms with Gasteiger partial charge in [-0.1, -0.05) is 32.0 Å². The molecule has 104 valence electrons. The van der Waals surface area contributed by atoms with Crippen molar-refractivity contribution < 1.29 is 0 Å². The lowest BCUT2D eigenvalue weighted by Gasteiger charge is -2.19. The summed E-state index contributed by atoms with van der Waals surface area (Å²) in [6, 6.07) is 2.03. The van der Waals surface area contributed by atoms with Gasteiger partial charge in [0, 0.05) is 12.2 Å². The Balaban J connectivity index is 2.17. The molecule has 0 amide bonds. The topological polar surface area (TPSA) is 50.9 Å². The van der Waals surface area contributed by atoms with Crippen LogP contribution in [0, 0.1) is 25.7 Å². The number of nitrogens with zero attached hydrogens (tertiary/aromatic N) is 1. The fraction of sp³-hybridized carbons (Fsp3) is 0.600. The zero-order valence-corrected chi connectivity index (χ0v) is 12.8. The third-order valence-corrected chi connectivity index (χ3v) is 4.37. The van der Waals surface area contributed by atoms with Gasteiger partial charge in [0.05, 0.1) is 5.56 Å². The molecule has 1 aliphatic carbocycles. The number of aromatic nitrogens is 1. The molecular formula is C15H23N3S. The van der Waals surface area contributed by atoms with Crippen LogP contribution >= 0.6 is 12.2 Å². The van der Waals surface area contributed by atoms with Crippen LogP contribution in [0.3, 0.4) is 0 Å². The normalized spacial score (nSPS) is 22.5. The SMILES string of the molecule is Cc1cc(C)c(C(N)=S)c(NCC2CCCC2C)n1. The van der Waals surface area contributed by atoms with E-state index in [1.165, 1.54) is 19.3 Å². The number of hydrogen-bond donors (Lipinski definition) is 2. The van der Waals surface area contributed by atoms with Gasteiger partial charge in [-0.05, 0) is 43.7 Å². The second-order valence-corrected chi connectivity index (χ2v) is 6.16. The van der Waals surface area contributed by atoms with Gasteiger partial charge in [-0.3, -0.25) is 0 Å². The molecule has 1 saturated carbocycles. The summed E-state index contributed by atoms with van der Waals surface area (Å²) in [6.07, 6.45) is 3.99. The highest BCUT2D eigenvalue weighted by Gasteiger charge is 2.23. The summed E-state index contributed by atoms with van der Waals surface area (Å²) in [5.41, 5.74) is 8.82. The van der Waals surface area contributed by atoms with E-state index in [1.54, 1.807) is 0 Å². The zero-order valence-electron chi connectivity index (χ0n) is 12.0. The molecule has 0 aliphatic heterocycles. The number of pyridine rings is 1. The minimum atomic E-state index is 0.423. The van der Waals surface area contributed by atoms with Crippen LogP contribution in [0.1, 0.15) is 43.0 Å². The van der Waals surface area contributed by atoms with Crippen molar-refractivity contribution in [2.45, 2.75) is 40.0 Å². The molecular weight excluding hydrogens is 254 g/mol. The molecule has 1 aromatic heterocycles. The monoisotopic (exact) mass is 277 g/mol. The zero-order chi connectivity index (χ0) is 14.0. The molecule has 1 heterocycles. The van der Waals surface area contributed by atoms with Crippen molar-refractivity contribution in [3.05, 3.63) is 22.9 Å². The molecule has 1 aromatic rings. The third-order valence-electron chi connectivity index (χ3n) is 4.16. The van der Waals surface area contributed by atoms with Crippen LogP contribution in [0.4, 0.5) is 5.82 Å². The van der Waals surface area contributed by atoms with Gasteiger partial charge in [0.15, 0.2) is 0 Å². The fourth-order valence-corrected chi connectivity index (χ4v) is 3.29. The molecule has 4 heteroatoms. The van der Waals surface area contributed by atoms with E-state index in [1.807, 2.05) is 19.9 Å². The minimum Gasteiger partial charge on any atom is -0.389 e. The van der Waals surface area contributed by atoms with E-state index < -0.39 is 0 Å². The Morgan fingerprint density at radius 1 is 1.47 bits per heavy atom. The van der Waals surface area contributed by atoms with E-state index in [-0.39, 0.29) is 0 Å². The van der Waals surface area contributed by atoms with Crippen molar-refractivity contribution in [3.63, 3.8) is 0 Å². The maximum atomic E-state index is 5.83. The highest BCUT2D eigenvalue weighted by atomic mass is 32.1. The smallest absolute Gasteiger partial charge is 0.136 e. The number of aryl methyl sites for hydroxylation is 2. The summed E-state index contributed by atoms with van der Waals surface area (Å²) in [5.74, 6) is 2.39. The molecule has 0 radical (unpaired) electrons. The molecule has 2 atom stereocenters. The van der Waals surface area contributed by atoms with Gasteiger partial charge in [0.25, 0.3) is 0 Å². The van der Waals surface area contributed by atoms with Crippen LogP contribution in [0.2, 0.25) is 0 Å². The summed E-state index contributed by atoms with van der Waals surface area (Å²) >= 11 is 5.15. The lowest BCUT2D eigenvalue weighted by atomic mass is 9.98. The Labute approximate surface area is 121 Å². The van der Waals surface area contributed by atoms with E-state index in [4.69, 9.17) is 18.0 Å². The first-order chi connectivity index (χ1) is 8.99. The molecule has 0 spiro atoms. The van der Waals surface area contributed by atoms with Gasteiger partial charge >= 0.3 is 0 Å². The van der Waals surface area contributed by atoms with Crippen molar-refractivity contribution in [3.8, 4) is 0 Å². The number of hydrogen-bond acceptors (Lipinski definition) is 3. The van der Waals surface area contributed by atoms with Gasteiger partial charge in [-0.2, -0.15) is 0 Å². The molecule has 1 aliphatic rings. The van der Waals surface area contributed by atoms with Crippen molar-refractivity contribution in [2.24, 2.45) is 17.6 Å². The predicted octanol–water partition coefficient (Wildman–Crippen LogP) is 3.18. The lowest BCUT2D eigenvalue weighted by Crippen LogP contribution is -2.21. The van der Waals surface area contributed by atoms with Crippen molar-refractivity contribution in [2.75, 3.05) is 11.9 Å². The standard InChI is InChI=1S/C15H23N3S/c1-9-5-4-6-12(9)8-17-15-13(14(16)19)10(2)7-11(3)18-15/h7,9,12H,4-6,8H2,1-3H3,(H2,16,19)(H,17,18). The number of nitrogens with two attached hydrogens (primary N) is 1. The Kier molecular flexibility index (Phi) is 4.40. The van der Waals surface area contributed by atoms with E-state index in [0.29, 0.717) is 4.99 Å². The van der Waals surface area contributed by atoms with Crippen LogP contribution in [-0.4, -0.2) is 16.5 Å². The molecule has 1 fully saturated rings. The lowest BCUT2D eigenvalue weighted by molar-refractivity contribution is 0.439. The second-order valence-electron chi connectivity index (χ2n) is 5.72. The summed E-state index contributed by atoms with van der Waals surface area (Å²) < 4.78 is 0. The van der Waals surface area contributed by atoms with E-state index in [0.717, 1.165) is 41.0 Å². The van der Waals surface area contributed by atoms with Gasteiger partial charge < -0.3 is 11.1 Å². The maximum absolute atomic E-state index is 5.83. The molecule has 2 rings (SSSR count). The molecule has 3 N–H and O–H groups in total. The number of rotatable bonds is 4. The first kappa shape index (κ1) is 14.3. The molecule has 3 nitrogen and oxygen atoms in total. The van der Waals surface area contributed by atoms with E-state index >= 15 is 0 Å². The average molecular weight is 277 g/mol. The second kappa shape index (κ2) is 5.87. The summed E-state index contributed by atoms with van der Waals surface area (Å²) in [6.45, 7) is 7.34. The first-order valence-electron chi connectivity index (χ1n) is 7.01. The van der Waals surface area contributed by atoms with Crippen LogP contribution in [0.25, 0.3) is 0 Å². The van der Waals surface area contributed by atoms with Crippen LogP contribution in [-0.2, 0) is 0 Å². The Morgan fingerprint density at radius 2 is 2.21 bits per heavy atom. The quantitative estimate of drug-likeness (QED) is 0.830. The van der Waals surface area contributed by atoms with Crippen LogP contribution < -0.4 is 11.1 Å². The molecule has 0 bridgehead atoms. The van der Waals surface area contributed by atoms with Gasteiger partial charge in [0.1, 0.15) is 10.8 Å². The highest BCUT2D eigenvalue weighted by molar-refractivity contribution is 7.80. The summed E-state index contributed by atoms with van der Waals surface area (Å²) in [5, 5.41) is 3.47. The Bertz CT molecular complexity index is 485. The summed E-state index contributed by atoms with van der Waals surface area (Å²) in [4.78, 5) is 4.99. The van der Waals surface area contributed by atoms with Gasteiger partial charge in [-0.15, -0.1) is 0 Å². The first-order valence-corrected chi connectivity index (χ1v) is 7.41. The van der Waals surface area contributed by atoms with Crippen molar-refractivity contribution in [1.82, 2.24) is 4.98 Å². The maximum Gasteiger partial charge on any atom is 0.136 e. The molecule has 0 saturated heterocycles. The predicted molar refractivity (Wildman–Crippen MR) is 84.6 cm³/mol. The van der Waals surface area contributed by atoms with E-state index in [2.05, 4.69) is 17.2 Å². The van der Waals surface area contributed by atoms with Crippen molar-refractivity contribution >= 4 is 23.0 Å².